The average Bonchev–Trinajstić information content (AvgIpc) is 2.51. The highest BCUT2D eigenvalue weighted by molar-refractivity contribution is 6.08. The molecule has 0 heterocycles. The lowest BCUT2D eigenvalue weighted by molar-refractivity contribution is -0.143. The van der Waals surface area contributed by atoms with Crippen LogP contribution < -0.4 is 0 Å². The number of Topliss-reactive ketones (excluding diaryl/α,β-unsaturated/α-hetero) is 1. The predicted octanol–water partition coefficient (Wildman–Crippen LogP) is 3.95. The molecule has 0 saturated heterocycles. The molecule has 0 aromatic carbocycles. The molecule has 3 aliphatic carbocycles. The molecule has 126 valence electrons. The van der Waals surface area contributed by atoms with Gasteiger partial charge in [-0.25, -0.2) is 0 Å². The quantitative estimate of drug-likeness (QED) is 0.569. The average molecular weight is 316 g/mol. The Balaban J connectivity index is 2.09. The maximum Gasteiger partial charge on any atom is 0.223 e. The molecule has 0 aliphatic heterocycles. The number of aliphatic hydroxyl groups excluding tert-OH is 2. The van der Waals surface area contributed by atoms with Crippen LogP contribution in [-0.4, -0.2) is 22.1 Å². The third-order valence-electron chi connectivity index (χ3n) is 7.41. The second kappa shape index (κ2) is 4.83. The molecular formula is C20H28O3. The highest BCUT2D eigenvalue weighted by Crippen LogP contribution is 2.65. The minimum atomic E-state index is -0.684. The number of ketones is 1. The Morgan fingerprint density at radius 2 is 1.96 bits per heavy atom. The van der Waals surface area contributed by atoms with Crippen molar-refractivity contribution in [1.29, 1.82) is 0 Å². The summed E-state index contributed by atoms with van der Waals surface area (Å²) in [5.74, 6) is -0.346. The summed E-state index contributed by atoms with van der Waals surface area (Å²) in [6.07, 6.45) is 6.84. The Bertz CT molecular complexity index is 618. The third-order valence-corrected chi connectivity index (χ3v) is 7.41. The van der Waals surface area contributed by atoms with Gasteiger partial charge in [-0.15, -0.1) is 6.58 Å². The van der Waals surface area contributed by atoms with Crippen molar-refractivity contribution in [1.82, 2.24) is 0 Å². The molecule has 2 saturated carbocycles. The number of carbonyl (C=O) groups excluding carboxylic acids is 1. The highest BCUT2D eigenvalue weighted by atomic mass is 16.3. The van der Waals surface area contributed by atoms with Gasteiger partial charge in [0, 0.05) is 11.0 Å². The SMILES string of the molecule is C=CC1(C)CCC2(C)C(CC(O)C3(C)C(=C)C(=O)C(O)=CC23)C1. The number of carbonyl (C=O) groups is 1. The van der Waals surface area contributed by atoms with E-state index in [0.717, 1.165) is 19.3 Å². The normalized spacial score (nSPS) is 49.9. The zero-order valence-electron chi connectivity index (χ0n) is 14.4. The van der Waals surface area contributed by atoms with E-state index in [4.69, 9.17) is 0 Å². The summed E-state index contributed by atoms with van der Waals surface area (Å²) < 4.78 is 0. The molecule has 3 nitrogen and oxygen atoms in total. The molecule has 2 N–H and O–H groups in total. The van der Waals surface area contributed by atoms with Gasteiger partial charge in [0.25, 0.3) is 0 Å². The van der Waals surface area contributed by atoms with Gasteiger partial charge in [0.1, 0.15) is 0 Å². The smallest absolute Gasteiger partial charge is 0.223 e. The molecule has 3 aliphatic rings. The highest BCUT2D eigenvalue weighted by Gasteiger charge is 2.62. The zero-order valence-corrected chi connectivity index (χ0v) is 14.4. The van der Waals surface area contributed by atoms with Gasteiger partial charge in [-0.3, -0.25) is 4.79 Å². The first-order chi connectivity index (χ1) is 10.6. The number of rotatable bonds is 1. The van der Waals surface area contributed by atoms with E-state index >= 15 is 0 Å². The summed E-state index contributed by atoms with van der Waals surface area (Å²) in [6.45, 7) is 14.4. The van der Waals surface area contributed by atoms with Gasteiger partial charge in [-0.2, -0.15) is 0 Å². The molecule has 3 rings (SSSR count). The Morgan fingerprint density at radius 3 is 2.57 bits per heavy atom. The first-order valence-electron chi connectivity index (χ1n) is 8.55. The Hall–Kier alpha value is -1.35. The van der Waals surface area contributed by atoms with Crippen LogP contribution in [0, 0.1) is 28.1 Å². The molecule has 0 amide bonds. The minimum absolute atomic E-state index is 0.0475. The van der Waals surface area contributed by atoms with Gasteiger partial charge < -0.3 is 10.2 Å². The number of hydrogen-bond acceptors (Lipinski definition) is 3. The van der Waals surface area contributed by atoms with Crippen molar-refractivity contribution in [3.63, 3.8) is 0 Å². The van der Waals surface area contributed by atoms with Crippen LogP contribution in [0.1, 0.15) is 46.5 Å². The van der Waals surface area contributed by atoms with E-state index in [1.54, 1.807) is 6.08 Å². The van der Waals surface area contributed by atoms with Crippen molar-refractivity contribution in [2.75, 3.05) is 0 Å². The molecule has 6 atom stereocenters. The van der Waals surface area contributed by atoms with E-state index in [2.05, 4.69) is 27.0 Å². The number of allylic oxidation sites excluding steroid dienone is 3. The van der Waals surface area contributed by atoms with Gasteiger partial charge >= 0.3 is 0 Å². The summed E-state index contributed by atoms with van der Waals surface area (Å²) in [6, 6.07) is 0. The fourth-order valence-electron chi connectivity index (χ4n) is 5.40. The predicted molar refractivity (Wildman–Crippen MR) is 90.8 cm³/mol. The number of fused-ring (bicyclic) bond motifs is 3. The Morgan fingerprint density at radius 1 is 1.30 bits per heavy atom. The summed E-state index contributed by atoms with van der Waals surface area (Å²) in [5.41, 5.74) is -0.276. The second-order valence-corrected chi connectivity index (χ2v) is 8.64. The molecule has 6 unspecified atom stereocenters. The summed E-state index contributed by atoms with van der Waals surface area (Å²) in [7, 11) is 0. The molecule has 0 radical (unpaired) electrons. The van der Waals surface area contributed by atoms with Crippen molar-refractivity contribution in [2.24, 2.45) is 28.1 Å². The van der Waals surface area contributed by atoms with Crippen molar-refractivity contribution in [2.45, 2.75) is 52.6 Å². The van der Waals surface area contributed by atoms with E-state index in [0.29, 0.717) is 17.9 Å². The van der Waals surface area contributed by atoms with Crippen molar-refractivity contribution in [3.8, 4) is 0 Å². The van der Waals surface area contributed by atoms with Crippen LogP contribution in [-0.2, 0) is 4.79 Å². The fraction of sp³-hybridized carbons (Fsp3) is 0.650. The summed E-state index contributed by atoms with van der Waals surface area (Å²) >= 11 is 0. The van der Waals surface area contributed by atoms with E-state index in [9.17, 15) is 15.0 Å². The molecular weight excluding hydrogens is 288 g/mol. The van der Waals surface area contributed by atoms with Gasteiger partial charge in [0.2, 0.25) is 5.78 Å². The summed E-state index contributed by atoms with van der Waals surface area (Å²) in [5, 5.41) is 21.0. The fourth-order valence-corrected chi connectivity index (χ4v) is 5.40. The first kappa shape index (κ1) is 16.5. The van der Waals surface area contributed by atoms with E-state index in [1.165, 1.54) is 0 Å². The molecule has 3 heteroatoms. The lowest BCUT2D eigenvalue weighted by atomic mass is 9.42. The standard InChI is InChI=1S/C20H28O3/c1-6-18(3)7-8-19(4)13(11-18)9-16(22)20(5)12(2)17(23)14(21)10-15(19)20/h6,10,13,15-16,21-22H,1-2,7-9,11H2,3-5H3. The Labute approximate surface area is 138 Å². The molecule has 0 spiro atoms. The van der Waals surface area contributed by atoms with Crippen LogP contribution in [0.15, 0.2) is 36.6 Å². The van der Waals surface area contributed by atoms with Crippen LogP contribution in [0.25, 0.3) is 0 Å². The van der Waals surface area contributed by atoms with Crippen LogP contribution in [0.2, 0.25) is 0 Å². The van der Waals surface area contributed by atoms with Crippen LogP contribution in [0.4, 0.5) is 0 Å². The van der Waals surface area contributed by atoms with Crippen molar-refractivity contribution in [3.05, 3.63) is 36.6 Å². The zero-order chi connectivity index (χ0) is 17.2. The second-order valence-electron chi connectivity index (χ2n) is 8.64. The minimum Gasteiger partial charge on any atom is -0.504 e. The van der Waals surface area contributed by atoms with E-state index in [1.807, 2.05) is 13.0 Å². The van der Waals surface area contributed by atoms with E-state index < -0.39 is 17.3 Å². The largest absolute Gasteiger partial charge is 0.504 e. The van der Waals surface area contributed by atoms with Crippen LogP contribution in [0.5, 0.6) is 0 Å². The lowest BCUT2D eigenvalue weighted by Crippen LogP contribution is -2.60. The van der Waals surface area contributed by atoms with Gasteiger partial charge in [0.15, 0.2) is 5.76 Å². The van der Waals surface area contributed by atoms with Crippen LogP contribution in [0.3, 0.4) is 0 Å². The van der Waals surface area contributed by atoms with Gasteiger partial charge in [-0.1, -0.05) is 33.4 Å². The number of hydrogen-bond donors (Lipinski definition) is 2. The van der Waals surface area contributed by atoms with Gasteiger partial charge in [-0.05, 0) is 54.4 Å². The molecule has 0 bridgehead atoms. The van der Waals surface area contributed by atoms with Gasteiger partial charge in [0.05, 0.1) is 6.10 Å². The molecule has 2 fully saturated rings. The Kier molecular flexibility index (Phi) is 3.46. The molecule has 0 aromatic rings. The van der Waals surface area contributed by atoms with E-state index in [-0.39, 0.29) is 22.5 Å². The maximum atomic E-state index is 12.2. The van der Waals surface area contributed by atoms with Crippen LogP contribution >= 0.6 is 0 Å². The lowest BCUT2D eigenvalue weighted by Gasteiger charge is -2.62. The molecule has 23 heavy (non-hydrogen) atoms. The number of aliphatic hydroxyl groups is 2. The third kappa shape index (κ3) is 2.02. The van der Waals surface area contributed by atoms with Crippen molar-refractivity contribution >= 4 is 5.78 Å². The first-order valence-corrected chi connectivity index (χ1v) is 8.55. The maximum absolute atomic E-state index is 12.2. The molecule has 0 aromatic heterocycles. The monoisotopic (exact) mass is 316 g/mol. The topological polar surface area (TPSA) is 57.5 Å². The summed E-state index contributed by atoms with van der Waals surface area (Å²) in [4.78, 5) is 12.2. The van der Waals surface area contributed by atoms with Crippen molar-refractivity contribution < 1.29 is 15.0 Å².